The molecule has 0 radical (unpaired) electrons. The first-order valence-electron chi connectivity index (χ1n) is 11.6. The number of fused-ring (bicyclic) bond motifs is 1. The van der Waals surface area contributed by atoms with Crippen molar-refractivity contribution < 1.29 is 14.3 Å². The Kier molecular flexibility index (Phi) is 8.11. The summed E-state index contributed by atoms with van der Waals surface area (Å²) in [4.78, 5) is 26.0. The van der Waals surface area contributed by atoms with Crippen LogP contribution in [0.15, 0.2) is 83.9 Å². The highest BCUT2D eigenvalue weighted by Crippen LogP contribution is 2.30. The molecule has 0 fully saturated rings. The van der Waals surface area contributed by atoms with Crippen LogP contribution in [0.1, 0.15) is 22.8 Å². The largest absolute Gasteiger partial charge is 0.494 e. The summed E-state index contributed by atoms with van der Waals surface area (Å²) in [5.41, 5.74) is 3.62. The molecule has 2 N–H and O–H groups in total. The number of carbonyl (C=O) groups excluding carboxylic acids is 2. The first-order chi connectivity index (χ1) is 17.0. The lowest BCUT2D eigenvalue weighted by Gasteiger charge is -2.08. The minimum atomic E-state index is -0.119. The van der Waals surface area contributed by atoms with Gasteiger partial charge in [-0.25, -0.2) is 0 Å². The number of amides is 2. The van der Waals surface area contributed by atoms with Crippen molar-refractivity contribution in [3.05, 3.63) is 90.1 Å². The summed E-state index contributed by atoms with van der Waals surface area (Å²) < 4.78 is 7.55. The number of hydrogen-bond donors (Lipinski definition) is 2. The van der Waals surface area contributed by atoms with Crippen molar-refractivity contribution in [1.82, 2.24) is 9.88 Å². The molecule has 4 rings (SSSR count). The molecule has 180 valence electrons. The summed E-state index contributed by atoms with van der Waals surface area (Å²) in [6.45, 7) is 5.65. The Hall–Kier alpha value is -3.71. The Labute approximate surface area is 209 Å². The van der Waals surface area contributed by atoms with E-state index in [0.717, 1.165) is 32.8 Å². The molecule has 0 saturated heterocycles. The van der Waals surface area contributed by atoms with Crippen molar-refractivity contribution in [2.45, 2.75) is 25.3 Å². The van der Waals surface area contributed by atoms with Gasteiger partial charge in [-0.1, -0.05) is 35.9 Å². The summed E-state index contributed by atoms with van der Waals surface area (Å²) >= 11 is 1.51. The standard InChI is InChI=1S/C28H29N3O3S/c1-3-34-23-14-10-21(11-15-23)28(33)29-16-17-31-18-26(24-6-4-5-7-25(24)31)35-19-27(32)30-22-12-8-20(2)9-13-22/h4-15,18H,3,16-17,19H2,1-2H3,(H,29,33)(H,30,32). The van der Waals surface area contributed by atoms with Gasteiger partial charge in [-0.05, 0) is 56.3 Å². The van der Waals surface area contributed by atoms with Crippen LogP contribution in [-0.4, -0.2) is 35.3 Å². The predicted octanol–water partition coefficient (Wildman–Crippen LogP) is 5.51. The molecule has 7 heteroatoms. The van der Waals surface area contributed by atoms with Gasteiger partial charge in [0.15, 0.2) is 0 Å². The lowest BCUT2D eigenvalue weighted by Crippen LogP contribution is -2.27. The number of para-hydroxylation sites is 1. The zero-order valence-corrected chi connectivity index (χ0v) is 20.7. The molecular weight excluding hydrogens is 458 g/mol. The number of ether oxygens (including phenoxy) is 1. The van der Waals surface area contributed by atoms with Crippen LogP contribution < -0.4 is 15.4 Å². The zero-order valence-electron chi connectivity index (χ0n) is 19.9. The highest BCUT2D eigenvalue weighted by molar-refractivity contribution is 8.00. The molecule has 0 spiro atoms. The molecule has 35 heavy (non-hydrogen) atoms. The van der Waals surface area contributed by atoms with Gasteiger partial charge in [0.25, 0.3) is 5.91 Å². The van der Waals surface area contributed by atoms with Crippen LogP contribution in [0.3, 0.4) is 0 Å². The van der Waals surface area contributed by atoms with Gasteiger partial charge in [0.1, 0.15) is 5.75 Å². The summed E-state index contributed by atoms with van der Waals surface area (Å²) in [6.07, 6.45) is 2.05. The van der Waals surface area contributed by atoms with Crippen LogP contribution >= 0.6 is 11.8 Å². The number of thioether (sulfide) groups is 1. The molecule has 1 heterocycles. The fraction of sp³-hybridized carbons (Fsp3) is 0.214. The first-order valence-corrected chi connectivity index (χ1v) is 12.6. The number of aryl methyl sites for hydroxylation is 1. The zero-order chi connectivity index (χ0) is 24.6. The molecule has 1 aromatic heterocycles. The van der Waals surface area contributed by atoms with E-state index in [-0.39, 0.29) is 11.8 Å². The van der Waals surface area contributed by atoms with E-state index in [1.165, 1.54) is 11.8 Å². The Morgan fingerprint density at radius 3 is 2.46 bits per heavy atom. The first kappa shape index (κ1) is 24.4. The van der Waals surface area contributed by atoms with Gasteiger partial charge in [-0.15, -0.1) is 11.8 Å². The maximum absolute atomic E-state index is 12.5. The van der Waals surface area contributed by atoms with Crippen LogP contribution in [0.25, 0.3) is 10.9 Å². The van der Waals surface area contributed by atoms with Gasteiger partial charge in [0, 0.05) is 46.3 Å². The molecule has 6 nitrogen and oxygen atoms in total. The molecule has 0 aliphatic carbocycles. The van der Waals surface area contributed by atoms with E-state index in [1.807, 2.05) is 50.2 Å². The fourth-order valence-corrected chi connectivity index (χ4v) is 4.64. The van der Waals surface area contributed by atoms with Crippen molar-refractivity contribution in [3.63, 3.8) is 0 Å². The van der Waals surface area contributed by atoms with Crippen molar-refractivity contribution in [2.24, 2.45) is 0 Å². The summed E-state index contributed by atoms with van der Waals surface area (Å²) in [5, 5.41) is 7.02. The topological polar surface area (TPSA) is 72.4 Å². The smallest absolute Gasteiger partial charge is 0.251 e. The van der Waals surface area contributed by atoms with Crippen LogP contribution in [-0.2, 0) is 11.3 Å². The number of carbonyl (C=O) groups is 2. The van der Waals surface area contributed by atoms with E-state index < -0.39 is 0 Å². The van der Waals surface area contributed by atoms with Gasteiger partial charge in [0.05, 0.1) is 12.4 Å². The number of hydrogen-bond acceptors (Lipinski definition) is 4. The van der Waals surface area contributed by atoms with Crippen LogP contribution in [0.4, 0.5) is 5.69 Å². The predicted molar refractivity (Wildman–Crippen MR) is 142 cm³/mol. The molecule has 0 aliphatic rings. The van der Waals surface area contributed by atoms with E-state index in [9.17, 15) is 9.59 Å². The molecule has 0 aliphatic heterocycles. The van der Waals surface area contributed by atoms with Crippen LogP contribution in [0, 0.1) is 6.92 Å². The number of benzene rings is 3. The van der Waals surface area contributed by atoms with Crippen LogP contribution in [0.2, 0.25) is 0 Å². The summed E-state index contributed by atoms with van der Waals surface area (Å²) in [6, 6.07) is 23.0. The third-order valence-corrected chi connectivity index (χ3v) is 6.55. The number of nitrogens with zero attached hydrogens (tertiary/aromatic N) is 1. The van der Waals surface area contributed by atoms with Crippen LogP contribution in [0.5, 0.6) is 5.75 Å². The average Bonchev–Trinajstić information content (AvgIpc) is 3.22. The van der Waals surface area contributed by atoms with Gasteiger partial charge < -0.3 is 19.9 Å². The molecule has 2 amide bonds. The second-order valence-electron chi connectivity index (χ2n) is 8.12. The number of anilines is 1. The average molecular weight is 488 g/mol. The molecule has 0 atom stereocenters. The van der Waals surface area contributed by atoms with Crippen molar-refractivity contribution >= 4 is 40.2 Å². The number of rotatable bonds is 10. The van der Waals surface area contributed by atoms with Gasteiger partial charge in [0.2, 0.25) is 5.91 Å². The molecule has 0 bridgehead atoms. The minimum absolute atomic E-state index is 0.0432. The third kappa shape index (κ3) is 6.45. The second kappa shape index (κ2) is 11.6. The monoisotopic (exact) mass is 487 g/mol. The van der Waals surface area contributed by atoms with Gasteiger partial charge in [-0.3, -0.25) is 9.59 Å². The Balaban J connectivity index is 1.35. The van der Waals surface area contributed by atoms with E-state index in [0.29, 0.717) is 31.0 Å². The third-order valence-electron chi connectivity index (χ3n) is 5.51. The fourth-order valence-electron chi connectivity index (χ4n) is 3.75. The number of nitrogens with one attached hydrogen (secondary N) is 2. The second-order valence-corrected chi connectivity index (χ2v) is 9.14. The van der Waals surface area contributed by atoms with Gasteiger partial charge >= 0.3 is 0 Å². The highest BCUT2D eigenvalue weighted by atomic mass is 32.2. The Morgan fingerprint density at radius 1 is 0.971 bits per heavy atom. The van der Waals surface area contributed by atoms with E-state index >= 15 is 0 Å². The maximum Gasteiger partial charge on any atom is 0.251 e. The SMILES string of the molecule is CCOc1ccc(C(=O)NCCn2cc(SCC(=O)Nc3ccc(C)cc3)c3ccccc32)cc1. The van der Waals surface area contributed by atoms with Gasteiger partial charge in [-0.2, -0.15) is 0 Å². The Bertz CT molecular complexity index is 1300. The maximum atomic E-state index is 12.5. The van der Waals surface area contributed by atoms with E-state index in [2.05, 4.69) is 33.5 Å². The molecular formula is C28H29N3O3S. The lowest BCUT2D eigenvalue weighted by atomic mass is 10.2. The summed E-state index contributed by atoms with van der Waals surface area (Å²) in [7, 11) is 0. The quantitative estimate of drug-likeness (QED) is 0.289. The molecule has 4 aromatic rings. The summed E-state index contributed by atoms with van der Waals surface area (Å²) in [5.74, 6) is 0.904. The lowest BCUT2D eigenvalue weighted by molar-refractivity contribution is -0.113. The normalized spacial score (nSPS) is 10.8. The molecule has 3 aromatic carbocycles. The van der Waals surface area contributed by atoms with Crippen molar-refractivity contribution in [2.75, 3.05) is 24.2 Å². The molecule has 0 unspecified atom stereocenters. The van der Waals surface area contributed by atoms with E-state index in [4.69, 9.17) is 4.74 Å². The van der Waals surface area contributed by atoms with Crippen molar-refractivity contribution in [1.29, 1.82) is 0 Å². The minimum Gasteiger partial charge on any atom is -0.494 e. The van der Waals surface area contributed by atoms with Crippen molar-refractivity contribution in [3.8, 4) is 5.75 Å². The highest BCUT2D eigenvalue weighted by Gasteiger charge is 2.12. The van der Waals surface area contributed by atoms with E-state index in [1.54, 1.807) is 24.3 Å². The molecule has 0 saturated carbocycles. The Morgan fingerprint density at radius 2 is 1.71 bits per heavy atom. The number of aromatic nitrogens is 1.